The number of likely N-dealkylation sites (N-methyl/N-ethyl adjacent to an activating group) is 2. The van der Waals surface area contributed by atoms with E-state index in [-0.39, 0.29) is 17.7 Å². The number of rotatable bonds is 10. The molecule has 0 rings (SSSR count). The first-order valence-electron chi connectivity index (χ1n) is 7.64. The van der Waals surface area contributed by atoms with Crippen LogP contribution in [-0.2, 0) is 14.3 Å². The summed E-state index contributed by atoms with van der Waals surface area (Å²) in [4.78, 5) is 25.0. The molecule has 1 N–H and O–H groups in total. The Labute approximate surface area is 164 Å². The van der Waals surface area contributed by atoms with Crippen LogP contribution in [-0.4, -0.2) is 59.7 Å². The molecule has 0 spiro atoms. The number of halogens is 4. The van der Waals surface area contributed by atoms with Crippen molar-refractivity contribution in [1.29, 1.82) is 0 Å². The van der Waals surface area contributed by atoms with E-state index in [4.69, 9.17) is 51.1 Å². The predicted molar refractivity (Wildman–Crippen MR) is 100.0 cm³/mol. The quantitative estimate of drug-likeness (QED) is 0.432. The van der Waals surface area contributed by atoms with Gasteiger partial charge in [-0.1, -0.05) is 13.8 Å². The van der Waals surface area contributed by atoms with E-state index < -0.39 is 27.7 Å². The minimum atomic E-state index is -0.772. The Morgan fingerprint density at radius 3 is 1.88 bits per heavy atom. The lowest BCUT2D eigenvalue weighted by Crippen LogP contribution is -2.51. The van der Waals surface area contributed by atoms with Crippen LogP contribution in [0.1, 0.15) is 26.7 Å². The van der Waals surface area contributed by atoms with Gasteiger partial charge >= 0.3 is 5.97 Å². The fourth-order valence-corrected chi connectivity index (χ4v) is 2.63. The van der Waals surface area contributed by atoms with Crippen molar-refractivity contribution >= 4 is 58.3 Å². The number of carbonyl (C=O) groups excluding carboxylic acids is 2. The Morgan fingerprint density at radius 2 is 1.50 bits per heavy atom. The second kappa shape index (κ2) is 11.6. The first-order valence-corrected chi connectivity index (χ1v) is 9.39. The molecule has 0 aromatic heterocycles. The average molecular weight is 424 g/mol. The van der Waals surface area contributed by atoms with Crippen molar-refractivity contribution in [1.82, 2.24) is 10.2 Å². The number of alkyl halides is 4. The molecule has 0 fully saturated rings. The van der Waals surface area contributed by atoms with Crippen molar-refractivity contribution in [2.45, 2.75) is 48.4 Å². The summed E-state index contributed by atoms with van der Waals surface area (Å²) in [5.74, 6) is -1.04. The van der Waals surface area contributed by atoms with Crippen molar-refractivity contribution in [3.05, 3.63) is 0 Å². The molecule has 5 nitrogen and oxygen atoms in total. The number of ether oxygens (including phenoxy) is 1. The molecule has 24 heavy (non-hydrogen) atoms. The Bertz CT molecular complexity index is 410. The van der Waals surface area contributed by atoms with Crippen LogP contribution in [0.4, 0.5) is 0 Å². The van der Waals surface area contributed by atoms with Crippen LogP contribution in [0.2, 0.25) is 0 Å². The van der Waals surface area contributed by atoms with Gasteiger partial charge in [-0.3, -0.25) is 4.79 Å². The maximum absolute atomic E-state index is 12.7. The van der Waals surface area contributed by atoms with Crippen molar-refractivity contribution < 1.29 is 14.3 Å². The molecular weight excluding hydrogens is 398 g/mol. The van der Waals surface area contributed by atoms with Gasteiger partial charge in [0.1, 0.15) is 15.7 Å². The molecule has 0 bridgehead atoms. The fourth-order valence-electron chi connectivity index (χ4n) is 2.22. The van der Waals surface area contributed by atoms with Crippen LogP contribution in [0.5, 0.6) is 0 Å². The van der Waals surface area contributed by atoms with E-state index >= 15 is 0 Å². The predicted octanol–water partition coefficient (Wildman–Crippen LogP) is 3.23. The number of amides is 1. The molecule has 9 heteroatoms. The molecule has 0 aromatic rings. The lowest BCUT2D eigenvalue weighted by molar-refractivity contribution is -0.153. The Kier molecular flexibility index (Phi) is 11.7. The summed E-state index contributed by atoms with van der Waals surface area (Å²) in [6, 6.07) is -1.29. The zero-order valence-corrected chi connectivity index (χ0v) is 17.6. The van der Waals surface area contributed by atoms with Gasteiger partial charge in [-0.25, -0.2) is 4.79 Å². The van der Waals surface area contributed by atoms with Gasteiger partial charge in [-0.15, -0.1) is 46.4 Å². The normalized spacial score (nSPS) is 16.6. The average Bonchev–Trinajstić information content (AvgIpc) is 2.54. The molecule has 0 saturated carbocycles. The molecule has 0 aliphatic heterocycles. The van der Waals surface area contributed by atoms with E-state index in [1.54, 1.807) is 14.1 Å². The highest BCUT2D eigenvalue weighted by molar-refractivity contribution is 6.44. The van der Waals surface area contributed by atoms with Crippen LogP contribution < -0.4 is 5.32 Å². The van der Waals surface area contributed by atoms with Crippen LogP contribution in [0.3, 0.4) is 0 Å². The number of methoxy groups -OCH3 is 1. The Balaban J connectivity index is 5.19. The largest absolute Gasteiger partial charge is 0.467 e. The minimum Gasteiger partial charge on any atom is -0.467 e. The van der Waals surface area contributed by atoms with Gasteiger partial charge in [0.25, 0.3) is 0 Å². The molecule has 1 amide bonds. The van der Waals surface area contributed by atoms with Crippen LogP contribution in [0, 0.1) is 11.8 Å². The third kappa shape index (κ3) is 7.52. The molecule has 0 aromatic carbocycles. The molecule has 142 valence electrons. The van der Waals surface area contributed by atoms with Crippen LogP contribution in [0.15, 0.2) is 0 Å². The number of hydrogen-bond acceptors (Lipinski definition) is 4. The van der Waals surface area contributed by atoms with E-state index in [9.17, 15) is 9.59 Å². The Morgan fingerprint density at radius 1 is 1.04 bits per heavy atom. The lowest BCUT2D eigenvalue weighted by Gasteiger charge is -2.32. The second-order valence-corrected chi connectivity index (χ2v) is 8.25. The molecule has 0 saturated heterocycles. The van der Waals surface area contributed by atoms with Crippen LogP contribution in [0.25, 0.3) is 0 Å². The summed E-state index contributed by atoms with van der Waals surface area (Å²) in [5.41, 5.74) is 0. The van der Waals surface area contributed by atoms with E-state index in [1.165, 1.54) is 12.0 Å². The molecule has 0 aliphatic rings. The van der Waals surface area contributed by atoms with Gasteiger partial charge in [0.05, 0.1) is 13.2 Å². The number of nitrogens with zero attached hydrogens (tertiary/aromatic N) is 1. The number of nitrogens with one attached hydrogen (secondary N) is 1. The summed E-state index contributed by atoms with van der Waals surface area (Å²) in [6.45, 7) is 3.66. The topological polar surface area (TPSA) is 58.6 Å². The molecular formula is C15H26Cl4N2O3. The van der Waals surface area contributed by atoms with Gasteiger partial charge in [0.2, 0.25) is 5.91 Å². The second-order valence-electron chi connectivity index (χ2n) is 5.92. The van der Waals surface area contributed by atoms with E-state index in [0.29, 0.717) is 12.8 Å². The maximum Gasteiger partial charge on any atom is 0.328 e. The van der Waals surface area contributed by atoms with Gasteiger partial charge in [-0.2, -0.15) is 0 Å². The zero-order chi connectivity index (χ0) is 19.0. The number of esters is 1. The monoisotopic (exact) mass is 422 g/mol. The van der Waals surface area contributed by atoms with E-state index in [2.05, 4.69) is 5.32 Å². The fraction of sp³-hybridized carbons (Fsp3) is 0.867. The van der Waals surface area contributed by atoms with Crippen molar-refractivity contribution in [2.24, 2.45) is 11.8 Å². The first-order chi connectivity index (χ1) is 11.1. The number of carbonyl (C=O) groups is 2. The van der Waals surface area contributed by atoms with Gasteiger partial charge < -0.3 is 15.0 Å². The zero-order valence-electron chi connectivity index (χ0n) is 14.6. The van der Waals surface area contributed by atoms with Crippen LogP contribution >= 0.6 is 46.4 Å². The van der Waals surface area contributed by atoms with Gasteiger partial charge in [0.15, 0.2) is 0 Å². The highest BCUT2D eigenvalue weighted by Gasteiger charge is 2.34. The minimum absolute atomic E-state index is 0.0892. The summed E-state index contributed by atoms with van der Waals surface area (Å²) in [6.07, 6.45) is 0.737. The molecule has 4 atom stereocenters. The third-order valence-corrected chi connectivity index (χ3v) is 5.72. The molecule has 0 radical (unpaired) electrons. The summed E-state index contributed by atoms with van der Waals surface area (Å²) in [7, 11) is 4.51. The standard InChI is InChI=1S/C15H26Cl4N2O3/c1-8(12(16)17)6-10(20-3)14(22)21(4)11(15(23)24-5)7-9(2)13(18)19/h8-13,20H,6-7H2,1-5H3/t8-,9-,10-,11-/m0/s1. The van der Waals surface area contributed by atoms with Crippen molar-refractivity contribution in [2.75, 3.05) is 21.2 Å². The lowest BCUT2D eigenvalue weighted by atomic mass is 9.99. The van der Waals surface area contributed by atoms with E-state index in [0.717, 1.165) is 0 Å². The molecule has 0 aliphatic carbocycles. The highest BCUT2D eigenvalue weighted by Crippen LogP contribution is 2.24. The van der Waals surface area contributed by atoms with Gasteiger partial charge in [0, 0.05) is 7.05 Å². The maximum atomic E-state index is 12.7. The Hall–Kier alpha value is 0.0600. The van der Waals surface area contributed by atoms with E-state index in [1.807, 2.05) is 13.8 Å². The summed E-state index contributed by atoms with van der Waals surface area (Å²) in [5, 5.41) is 2.94. The molecule has 0 heterocycles. The smallest absolute Gasteiger partial charge is 0.328 e. The first kappa shape index (κ1) is 24.1. The van der Waals surface area contributed by atoms with Gasteiger partial charge in [-0.05, 0) is 31.7 Å². The summed E-state index contributed by atoms with van der Waals surface area (Å²) >= 11 is 23.5. The van der Waals surface area contributed by atoms with Crippen molar-refractivity contribution in [3.8, 4) is 0 Å². The molecule has 0 unspecified atom stereocenters. The van der Waals surface area contributed by atoms with Crippen molar-refractivity contribution in [3.63, 3.8) is 0 Å². The highest BCUT2D eigenvalue weighted by atomic mass is 35.5. The number of hydrogen-bond donors (Lipinski definition) is 1. The summed E-state index contributed by atoms with van der Waals surface area (Å²) < 4.78 is 4.82. The SMILES string of the molecule is CN[C@@H](C[C@H](C)C(Cl)Cl)C(=O)N(C)[C@@H](C[C@H](C)C(Cl)Cl)C(=O)OC. The third-order valence-electron chi connectivity index (χ3n) is 4.00.